The fraction of sp³-hybridized carbons (Fsp3) is 0.143. The maximum atomic E-state index is 5.57. The molecule has 0 aliphatic carbocycles. The molecule has 0 aliphatic rings. The fourth-order valence-electron chi connectivity index (χ4n) is 0.647. The number of rotatable bonds is 1. The van der Waals surface area contributed by atoms with Gasteiger partial charge in [0.1, 0.15) is 0 Å². The Bertz CT molecular complexity index is 205. The van der Waals surface area contributed by atoms with Gasteiger partial charge in [0, 0.05) is 4.47 Å². The second-order valence-electron chi connectivity index (χ2n) is 1.95. The van der Waals surface area contributed by atoms with E-state index in [4.69, 9.17) is 5.73 Å². The van der Waals surface area contributed by atoms with Crippen molar-refractivity contribution in [1.82, 2.24) is 0 Å². The van der Waals surface area contributed by atoms with E-state index in [9.17, 15) is 0 Å². The largest absolute Gasteiger partial charge is 0.315 e. The van der Waals surface area contributed by atoms with Gasteiger partial charge < -0.3 is 5.73 Å². The van der Waals surface area contributed by atoms with E-state index >= 15 is 0 Å². The fourth-order valence-corrected chi connectivity index (χ4v) is 1.22. The van der Waals surface area contributed by atoms with Crippen molar-refractivity contribution < 1.29 is 0 Å². The van der Waals surface area contributed by atoms with Gasteiger partial charge in [0.2, 0.25) is 0 Å². The molecule has 1 aromatic carbocycles. The first-order valence-corrected chi connectivity index (χ1v) is 4.56. The lowest BCUT2D eigenvalue weighted by molar-refractivity contribution is 1.06. The van der Waals surface area contributed by atoms with Crippen molar-refractivity contribution in [2.75, 3.05) is 0 Å². The van der Waals surface area contributed by atoms with Gasteiger partial charge in [0.15, 0.2) is 0 Å². The van der Waals surface area contributed by atoms with E-state index in [1.165, 1.54) is 0 Å². The number of nitrogens with two attached hydrogens (primary N) is 1. The maximum Gasteiger partial charge on any atom is 0.0861 e. The van der Waals surface area contributed by atoms with Gasteiger partial charge in [-0.05, 0) is 17.7 Å². The highest BCUT2D eigenvalue weighted by Gasteiger charge is 1.97. The normalized spacial score (nSPS) is 13.1. The van der Waals surface area contributed by atoms with E-state index in [-0.39, 0.29) is 4.95 Å². The molecular formula is C7H7Br2N. The molecule has 0 bridgehead atoms. The SMILES string of the molecule is NC(Br)c1ccc(Br)cc1. The first-order valence-electron chi connectivity index (χ1n) is 2.85. The molecule has 3 heteroatoms. The summed E-state index contributed by atoms with van der Waals surface area (Å²) in [6, 6.07) is 7.89. The van der Waals surface area contributed by atoms with Crippen LogP contribution in [0, 0.1) is 0 Å². The molecule has 2 N–H and O–H groups in total. The van der Waals surface area contributed by atoms with Crippen LogP contribution in [0.15, 0.2) is 28.7 Å². The van der Waals surface area contributed by atoms with E-state index in [0.717, 1.165) is 10.0 Å². The summed E-state index contributed by atoms with van der Waals surface area (Å²) in [7, 11) is 0. The van der Waals surface area contributed by atoms with Crippen LogP contribution in [0.3, 0.4) is 0 Å². The van der Waals surface area contributed by atoms with Crippen LogP contribution in [0.25, 0.3) is 0 Å². The first kappa shape index (κ1) is 8.24. The Balaban J connectivity index is 2.89. The zero-order valence-electron chi connectivity index (χ0n) is 5.22. The predicted octanol–water partition coefficient (Wildman–Crippen LogP) is 2.80. The van der Waals surface area contributed by atoms with Crippen LogP contribution >= 0.6 is 31.9 Å². The average molecular weight is 265 g/mol. The van der Waals surface area contributed by atoms with Gasteiger partial charge in [-0.2, -0.15) is 0 Å². The van der Waals surface area contributed by atoms with Gasteiger partial charge in [-0.3, -0.25) is 0 Å². The second-order valence-corrected chi connectivity index (χ2v) is 3.86. The number of hydrogen-bond acceptors (Lipinski definition) is 1. The lowest BCUT2D eigenvalue weighted by atomic mass is 10.2. The van der Waals surface area contributed by atoms with E-state index in [1.54, 1.807) is 0 Å². The molecule has 0 saturated heterocycles. The molecule has 0 amide bonds. The summed E-state index contributed by atoms with van der Waals surface area (Å²) < 4.78 is 1.07. The molecule has 0 heterocycles. The van der Waals surface area contributed by atoms with Gasteiger partial charge in [0.25, 0.3) is 0 Å². The summed E-state index contributed by atoms with van der Waals surface area (Å²) in [5.41, 5.74) is 6.65. The maximum absolute atomic E-state index is 5.57. The van der Waals surface area contributed by atoms with Crippen LogP contribution in [0.5, 0.6) is 0 Å². The second kappa shape index (κ2) is 3.51. The lowest BCUT2D eigenvalue weighted by Gasteiger charge is -2.01. The van der Waals surface area contributed by atoms with Gasteiger partial charge in [-0.25, -0.2) is 0 Å². The smallest absolute Gasteiger partial charge is 0.0861 e. The molecule has 1 atom stereocenters. The third kappa shape index (κ3) is 2.08. The summed E-state index contributed by atoms with van der Waals surface area (Å²) in [4.78, 5) is -0.0550. The van der Waals surface area contributed by atoms with Crippen molar-refractivity contribution in [2.45, 2.75) is 4.95 Å². The molecule has 1 aromatic rings. The molecule has 0 radical (unpaired) electrons. The van der Waals surface area contributed by atoms with E-state index in [2.05, 4.69) is 31.9 Å². The Morgan fingerprint density at radius 1 is 1.20 bits per heavy atom. The van der Waals surface area contributed by atoms with Crippen LogP contribution in [0.4, 0.5) is 0 Å². The quantitative estimate of drug-likeness (QED) is 0.613. The molecule has 1 rings (SSSR count). The third-order valence-electron chi connectivity index (χ3n) is 1.19. The van der Waals surface area contributed by atoms with Crippen LogP contribution in [-0.2, 0) is 0 Å². The Hall–Kier alpha value is 0.140. The molecule has 0 aromatic heterocycles. The van der Waals surface area contributed by atoms with Gasteiger partial charge in [0.05, 0.1) is 4.95 Å². The molecular weight excluding hydrogens is 258 g/mol. The van der Waals surface area contributed by atoms with Crippen molar-refractivity contribution in [2.24, 2.45) is 5.73 Å². The van der Waals surface area contributed by atoms with Crippen molar-refractivity contribution >= 4 is 31.9 Å². The number of halogens is 2. The summed E-state index contributed by atoms with van der Waals surface area (Å²) in [5.74, 6) is 0. The highest BCUT2D eigenvalue weighted by Crippen LogP contribution is 2.18. The van der Waals surface area contributed by atoms with Gasteiger partial charge in [-0.15, -0.1) is 0 Å². The van der Waals surface area contributed by atoms with Crippen molar-refractivity contribution in [1.29, 1.82) is 0 Å². The summed E-state index contributed by atoms with van der Waals surface area (Å²) in [5, 5.41) is 0. The van der Waals surface area contributed by atoms with Gasteiger partial charge in [-0.1, -0.05) is 44.0 Å². The molecule has 0 spiro atoms. The minimum Gasteiger partial charge on any atom is -0.315 e. The molecule has 0 fully saturated rings. The molecule has 10 heavy (non-hydrogen) atoms. The molecule has 1 unspecified atom stereocenters. The van der Waals surface area contributed by atoms with Gasteiger partial charge >= 0.3 is 0 Å². The first-order chi connectivity index (χ1) is 4.70. The van der Waals surface area contributed by atoms with E-state index < -0.39 is 0 Å². The minimum atomic E-state index is -0.0550. The number of hydrogen-bond donors (Lipinski definition) is 1. The lowest BCUT2D eigenvalue weighted by Crippen LogP contribution is -2.00. The Kier molecular flexibility index (Phi) is 2.89. The highest BCUT2D eigenvalue weighted by molar-refractivity contribution is 9.10. The van der Waals surface area contributed by atoms with E-state index in [1.807, 2.05) is 24.3 Å². The van der Waals surface area contributed by atoms with Crippen LogP contribution < -0.4 is 5.73 Å². The topological polar surface area (TPSA) is 26.0 Å². The van der Waals surface area contributed by atoms with Crippen LogP contribution in [0.1, 0.15) is 10.5 Å². The summed E-state index contributed by atoms with van der Waals surface area (Å²) >= 11 is 6.61. The molecule has 0 saturated carbocycles. The third-order valence-corrected chi connectivity index (χ3v) is 2.25. The van der Waals surface area contributed by atoms with Crippen LogP contribution in [-0.4, -0.2) is 0 Å². The molecule has 0 aliphatic heterocycles. The predicted molar refractivity (Wildman–Crippen MR) is 50.0 cm³/mol. The Labute approximate surface area is 76.9 Å². The van der Waals surface area contributed by atoms with Crippen LogP contribution in [0.2, 0.25) is 0 Å². The minimum absolute atomic E-state index is 0.0550. The monoisotopic (exact) mass is 263 g/mol. The number of alkyl halides is 1. The standard InChI is InChI=1S/C7H7Br2N/c8-6-3-1-5(2-4-6)7(9)10/h1-4,7H,10H2. The highest BCUT2D eigenvalue weighted by atomic mass is 79.9. The summed E-state index contributed by atoms with van der Waals surface area (Å²) in [6.07, 6.45) is 0. The zero-order chi connectivity index (χ0) is 7.56. The summed E-state index contributed by atoms with van der Waals surface area (Å²) in [6.45, 7) is 0. The Morgan fingerprint density at radius 3 is 2.10 bits per heavy atom. The molecule has 1 nitrogen and oxygen atoms in total. The molecule has 54 valence electrons. The van der Waals surface area contributed by atoms with Crippen molar-refractivity contribution in [3.63, 3.8) is 0 Å². The Morgan fingerprint density at radius 2 is 1.70 bits per heavy atom. The van der Waals surface area contributed by atoms with E-state index in [0.29, 0.717) is 0 Å². The van der Waals surface area contributed by atoms with Crippen molar-refractivity contribution in [3.8, 4) is 0 Å². The zero-order valence-corrected chi connectivity index (χ0v) is 8.39. The number of benzene rings is 1. The van der Waals surface area contributed by atoms with Crippen molar-refractivity contribution in [3.05, 3.63) is 34.3 Å². The average Bonchev–Trinajstić information content (AvgIpc) is 1.88.